The predicted octanol–water partition coefficient (Wildman–Crippen LogP) is 2.70. The zero-order valence-corrected chi connectivity index (χ0v) is 10.4. The highest BCUT2D eigenvalue weighted by Crippen LogP contribution is 2.25. The van der Waals surface area contributed by atoms with Crippen LogP contribution < -0.4 is 10.2 Å². The summed E-state index contributed by atoms with van der Waals surface area (Å²) in [4.78, 5) is 2.52. The van der Waals surface area contributed by atoms with E-state index in [1.165, 1.54) is 42.7 Å². The Labute approximate surface area is 98.7 Å². The van der Waals surface area contributed by atoms with Crippen molar-refractivity contribution in [1.29, 1.82) is 0 Å². The number of nitrogens with one attached hydrogen (secondary N) is 1. The molecular formula is C14H22N2. The second kappa shape index (κ2) is 5.35. The molecule has 1 N–H and O–H groups in total. The first-order chi connectivity index (χ1) is 7.81. The lowest BCUT2D eigenvalue weighted by molar-refractivity contribution is 0.723. The summed E-state index contributed by atoms with van der Waals surface area (Å²) in [6, 6.07) is 6.83. The Morgan fingerprint density at radius 1 is 1.25 bits per heavy atom. The van der Waals surface area contributed by atoms with Gasteiger partial charge < -0.3 is 10.2 Å². The summed E-state index contributed by atoms with van der Waals surface area (Å²) in [5, 5.41) is 3.43. The molecule has 0 aromatic heterocycles. The number of benzene rings is 1. The van der Waals surface area contributed by atoms with Crippen molar-refractivity contribution in [2.75, 3.05) is 24.5 Å². The molecule has 1 aliphatic rings. The van der Waals surface area contributed by atoms with E-state index in [0.29, 0.717) is 0 Å². The number of rotatable bonds is 4. The van der Waals surface area contributed by atoms with Crippen LogP contribution in [-0.4, -0.2) is 19.6 Å². The molecule has 0 saturated carbocycles. The van der Waals surface area contributed by atoms with Crippen molar-refractivity contribution in [3.8, 4) is 0 Å². The first-order valence-electron chi connectivity index (χ1n) is 6.36. The van der Waals surface area contributed by atoms with E-state index in [1.807, 2.05) is 0 Å². The number of anilines is 1. The van der Waals surface area contributed by atoms with E-state index >= 15 is 0 Å². The van der Waals surface area contributed by atoms with Crippen LogP contribution in [0, 0.1) is 6.92 Å². The lowest BCUT2D eigenvalue weighted by Gasteiger charge is -2.22. The molecule has 88 valence electrons. The van der Waals surface area contributed by atoms with Crippen LogP contribution in [0.1, 0.15) is 30.9 Å². The third kappa shape index (κ3) is 2.56. The highest BCUT2D eigenvalue weighted by atomic mass is 15.1. The van der Waals surface area contributed by atoms with Gasteiger partial charge in [0.15, 0.2) is 0 Å². The smallest absolute Gasteiger partial charge is 0.0412 e. The van der Waals surface area contributed by atoms with E-state index < -0.39 is 0 Å². The monoisotopic (exact) mass is 218 g/mol. The minimum absolute atomic E-state index is 0.990. The van der Waals surface area contributed by atoms with Crippen molar-refractivity contribution >= 4 is 5.69 Å². The minimum Gasteiger partial charge on any atom is -0.371 e. The van der Waals surface area contributed by atoms with Gasteiger partial charge in [-0.2, -0.15) is 0 Å². The van der Waals surface area contributed by atoms with Gasteiger partial charge in [-0.1, -0.05) is 24.6 Å². The highest BCUT2D eigenvalue weighted by molar-refractivity contribution is 5.55. The van der Waals surface area contributed by atoms with E-state index in [2.05, 4.69) is 42.3 Å². The van der Waals surface area contributed by atoms with Crippen LogP contribution in [0.4, 0.5) is 5.69 Å². The van der Waals surface area contributed by atoms with Crippen molar-refractivity contribution in [1.82, 2.24) is 5.32 Å². The molecule has 0 bridgehead atoms. The molecule has 0 unspecified atom stereocenters. The van der Waals surface area contributed by atoms with Crippen molar-refractivity contribution in [3.63, 3.8) is 0 Å². The molecule has 0 spiro atoms. The molecule has 1 aromatic carbocycles. The summed E-state index contributed by atoms with van der Waals surface area (Å²) < 4.78 is 0. The Morgan fingerprint density at radius 2 is 2.00 bits per heavy atom. The second-order valence-electron chi connectivity index (χ2n) is 4.61. The zero-order valence-electron chi connectivity index (χ0n) is 10.4. The number of aryl methyl sites for hydroxylation is 1. The van der Waals surface area contributed by atoms with Crippen LogP contribution in [0.2, 0.25) is 0 Å². The van der Waals surface area contributed by atoms with Gasteiger partial charge in [-0.15, -0.1) is 0 Å². The van der Waals surface area contributed by atoms with E-state index in [4.69, 9.17) is 0 Å². The molecule has 0 radical (unpaired) electrons. The lowest BCUT2D eigenvalue weighted by Crippen LogP contribution is -2.21. The molecule has 1 aliphatic heterocycles. The first-order valence-corrected chi connectivity index (χ1v) is 6.36. The maximum atomic E-state index is 3.43. The fraction of sp³-hybridized carbons (Fsp3) is 0.571. The normalized spacial score (nSPS) is 15.8. The van der Waals surface area contributed by atoms with Gasteiger partial charge in [-0.3, -0.25) is 0 Å². The van der Waals surface area contributed by atoms with Gasteiger partial charge in [-0.25, -0.2) is 0 Å². The van der Waals surface area contributed by atoms with Crippen LogP contribution in [-0.2, 0) is 6.54 Å². The Kier molecular flexibility index (Phi) is 3.83. The average molecular weight is 218 g/mol. The predicted molar refractivity (Wildman–Crippen MR) is 70.0 cm³/mol. The number of hydrogen-bond acceptors (Lipinski definition) is 2. The van der Waals surface area contributed by atoms with Gasteiger partial charge in [-0.05, 0) is 37.9 Å². The van der Waals surface area contributed by atoms with Gasteiger partial charge in [0.2, 0.25) is 0 Å². The molecule has 0 amide bonds. The molecule has 16 heavy (non-hydrogen) atoms. The van der Waals surface area contributed by atoms with Gasteiger partial charge in [0.1, 0.15) is 0 Å². The molecule has 1 fully saturated rings. The van der Waals surface area contributed by atoms with E-state index in [-0.39, 0.29) is 0 Å². The summed E-state index contributed by atoms with van der Waals surface area (Å²) in [5.41, 5.74) is 4.24. The molecular weight excluding hydrogens is 196 g/mol. The third-order valence-corrected chi connectivity index (χ3v) is 3.25. The Morgan fingerprint density at radius 3 is 2.69 bits per heavy atom. The molecule has 0 aliphatic carbocycles. The maximum Gasteiger partial charge on any atom is 0.0412 e. The van der Waals surface area contributed by atoms with Crippen molar-refractivity contribution in [3.05, 3.63) is 29.3 Å². The van der Waals surface area contributed by atoms with Crippen molar-refractivity contribution in [2.45, 2.75) is 33.2 Å². The SMILES string of the molecule is CCNCc1cc(C)ccc1N1CCCC1. The Bertz CT molecular complexity index is 341. The van der Waals surface area contributed by atoms with Gasteiger partial charge in [0, 0.05) is 25.3 Å². The lowest BCUT2D eigenvalue weighted by atomic mass is 10.1. The van der Waals surface area contributed by atoms with Crippen LogP contribution in [0.3, 0.4) is 0 Å². The van der Waals surface area contributed by atoms with Crippen LogP contribution >= 0.6 is 0 Å². The van der Waals surface area contributed by atoms with E-state index in [0.717, 1.165) is 13.1 Å². The molecule has 2 heteroatoms. The van der Waals surface area contributed by atoms with Gasteiger partial charge in [0.25, 0.3) is 0 Å². The highest BCUT2D eigenvalue weighted by Gasteiger charge is 2.15. The fourth-order valence-electron chi connectivity index (χ4n) is 2.38. The largest absolute Gasteiger partial charge is 0.371 e. The fourth-order valence-corrected chi connectivity index (χ4v) is 2.38. The maximum absolute atomic E-state index is 3.43. The summed E-state index contributed by atoms with van der Waals surface area (Å²) in [6.07, 6.45) is 2.68. The number of nitrogens with zero attached hydrogens (tertiary/aromatic N) is 1. The molecule has 2 nitrogen and oxygen atoms in total. The number of hydrogen-bond donors (Lipinski definition) is 1. The van der Waals surface area contributed by atoms with E-state index in [1.54, 1.807) is 0 Å². The molecule has 1 saturated heterocycles. The summed E-state index contributed by atoms with van der Waals surface area (Å²) in [5.74, 6) is 0. The standard InChI is InChI=1S/C14H22N2/c1-3-15-11-13-10-12(2)6-7-14(13)16-8-4-5-9-16/h6-7,10,15H,3-5,8-9,11H2,1-2H3. The molecule has 0 atom stereocenters. The zero-order chi connectivity index (χ0) is 11.4. The van der Waals surface area contributed by atoms with Crippen molar-refractivity contribution in [2.24, 2.45) is 0 Å². The van der Waals surface area contributed by atoms with Crippen LogP contribution in [0.25, 0.3) is 0 Å². The average Bonchev–Trinajstić information content (AvgIpc) is 2.80. The molecule has 1 aromatic rings. The Balaban J connectivity index is 2.20. The first kappa shape index (κ1) is 11.5. The molecule has 1 heterocycles. The van der Waals surface area contributed by atoms with Gasteiger partial charge >= 0.3 is 0 Å². The third-order valence-electron chi connectivity index (χ3n) is 3.25. The Hall–Kier alpha value is -1.02. The summed E-state index contributed by atoms with van der Waals surface area (Å²) >= 11 is 0. The van der Waals surface area contributed by atoms with E-state index in [9.17, 15) is 0 Å². The minimum atomic E-state index is 0.990. The summed E-state index contributed by atoms with van der Waals surface area (Å²) in [6.45, 7) is 8.80. The quantitative estimate of drug-likeness (QED) is 0.836. The van der Waals surface area contributed by atoms with Crippen LogP contribution in [0.15, 0.2) is 18.2 Å². The molecule has 2 rings (SSSR count). The van der Waals surface area contributed by atoms with Gasteiger partial charge in [0.05, 0.1) is 0 Å². The second-order valence-corrected chi connectivity index (χ2v) is 4.61. The topological polar surface area (TPSA) is 15.3 Å². The van der Waals surface area contributed by atoms with Crippen molar-refractivity contribution < 1.29 is 0 Å². The summed E-state index contributed by atoms with van der Waals surface area (Å²) in [7, 11) is 0. The van der Waals surface area contributed by atoms with Crippen LogP contribution in [0.5, 0.6) is 0 Å².